The Kier molecular flexibility index (Phi) is 3.43. The Labute approximate surface area is 137 Å². The number of amides is 2. The molecular weight excluding hydrogens is 288 g/mol. The molecule has 1 aromatic rings. The Balaban J connectivity index is 1.39. The number of carbonyl (C=O) groups is 2. The number of nitrogens with zero attached hydrogens (tertiary/aromatic N) is 2. The Morgan fingerprint density at radius 2 is 1.57 bits per heavy atom. The highest BCUT2D eigenvalue weighted by molar-refractivity contribution is 5.91. The first-order valence-electron chi connectivity index (χ1n) is 8.75. The van der Waals surface area contributed by atoms with Crippen molar-refractivity contribution in [2.75, 3.05) is 26.2 Å². The van der Waals surface area contributed by atoms with Crippen LogP contribution in [0, 0.1) is 11.8 Å². The lowest BCUT2D eigenvalue weighted by Gasteiger charge is -2.37. The number of benzene rings is 1. The minimum Gasteiger partial charge on any atom is -0.339 e. The van der Waals surface area contributed by atoms with Gasteiger partial charge in [-0.05, 0) is 30.7 Å². The lowest BCUT2D eigenvalue weighted by atomic mass is 9.94. The molecule has 4 heteroatoms. The maximum absolute atomic E-state index is 13.0. The molecule has 4 nitrogen and oxygen atoms in total. The zero-order chi connectivity index (χ0) is 16.0. The first kappa shape index (κ1) is 14.7. The van der Waals surface area contributed by atoms with Crippen molar-refractivity contribution in [2.24, 2.45) is 11.8 Å². The molecule has 0 radical (unpaired) electrons. The van der Waals surface area contributed by atoms with E-state index in [1.165, 1.54) is 0 Å². The zero-order valence-electron chi connectivity index (χ0n) is 13.7. The van der Waals surface area contributed by atoms with Crippen LogP contribution < -0.4 is 0 Å². The predicted molar refractivity (Wildman–Crippen MR) is 87.8 cm³/mol. The van der Waals surface area contributed by atoms with Crippen molar-refractivity contribution in [3.05, 3.63) is 35.9 Å². The van der Waals surface area contributed by atoms with Gasteiger partial charge < -0.3 is 9.80 Å². The fourth-order valence-corrected chi connectivity index (χ4v) is 3.84. The van der Waals surface area contributed by atoms with E-state index in [9.17, 15) is 9.59 Å². The smallest absolute Gasteiger partial charge is 0.233 e. The van der Waals surface area contributed by atoms with Gasteiger partial charge >= 0.3 is 0 Å². The van der Waals surface area contributed by atoms with Crippen LogP contribution in [-0.2, 0) is 15.0 Å². The molecule has 0 spiro atoms. The molecule has 0 unspecified atom stereocenters. The van der Waals surface area contributed by atoms with Gasteiger partial charge in [0.2, 0.25) is 11.8 Å². The molecular formula is C19H24N2O2. The van der Waals surface area contributed by atoms with Crippen LogP contribution in [0.3, 0.4) is 0 Å². The molecule has 1 aliphatic heterocycles. The van der Waals surface area contributed by atoms with Crippen LogP contribution in [0.4, 0.5) is 0 Å². The van der Waals surface area contributed by atoms with Crippen molar-refractivity contribution < 1.29 is 9.59 Å². The maximum atomic E-state index is 13.0. The Hall–Kier alpha value is -1.84. The molecule has 2 amide bonds. The fourth-order valence-electron chi connectivity index (χ4n) is 3.84. The first-order valence-corrected chi connectivity index (χ1v) is 8.75. The van der Waals surface area contributed by atoms with Gasteiger partial charge in [-0.25, -0.2) is 0 Å². The quantitative estimate of drug-likeness (QED) is 0.857. The second-order valence-corrected chi connectivity index (χ2v) is 7.39. The monoisotopic (exact) mass is 312 g/mol. The van der Waals surface area contributed by atoms with Crippen molar-refractivity contribution in [1.82, 2.24) is 9.80 Å². The normalized spacial score (nSPS) is 28.4. The topological polar surface area (TPSA) is 40.6 Å². The number of carbonyl (C=O) groups excluding carboxylic acids is 2. The van der Waals surface area contributed by atoms with Crippen LogP contribution in [0.5, 0.6) is 0 Å². The van der Waals surface area contributed by atoms with Crippen LogP contribution in [-0.4, -0.2) is 47.8 Å². The van der Waals surface area contributed by atoms with Gasteiger partial charge in [0.15, 0.2) is 0 Å². The molecule has 0 bridgehead atoms. The summed E-state index contributed by atoms with van der Waals surface area (Å²) >= 11 is 0. The van der Waals surface area contributed by atoms with Gasteiger partial charge in [0.05, 0.1) is 5.41 Å². The summed E-state index contributed by atoms with van der Waals surface area (Å²) in [4.78, 5) is 29.2. The van der Waals surface area contributed by atoms with Gasteiger partial charge in [0.25, 0.3) is 0 Å². The van der Waals surface area contributed by atoms with E-state index in [-0.39, 0.29) is 17.2 Å². The molecule has 122 valence electrons. The first-order chi connectivity index (χ1) is 11.1. The van der Waals surface area contributed by atoms with E-state index in [4.69, 9.17) is 0 Å². The summed E-state index contributed by atoms with van der Waals surface area (Å²) in [7, 11) is 0. The van der Waals surface area contributed by atoms with Crippen LogP contribution >= 0.6 is 0 Å². The zero-order valence-corrected chi connectivity index (χ0v) is 13.7. The van der Waals surface area contributed by atoms with E-state index in [2.05, 4.69) is 19.1 Å². The van der Waals surface area contributed by atoms with Gasteiger partial charge in [-0.2, -0.15) is 0 Å². The lowest BCUT2D eigenvalue weighted by molar-refractivity contribution is -0.141. The van der Waals surface area contributed by atoms with Gasteiger partial charge in [-0.3, -0.25) is 9.59 Å². The Morgan fingerprint density at radius 3 is 2.09 bits per heavy atom. The van der Waals surface area contributed by atoms with Crippen molar-refractivity contribution in [3.8, 4) is 0 Å². The van der Waals surface area contributed by atoms with E-state index in [1.807, 2.05) is 28.0 Å². The second-order valence-electron chi connectivity index (χ2n) is 7.39. The van der Waals surface area contributed by atoms with Crippen molar-refractivity contribution in [3.63, 3.8) is 0 Å². The molecule has 3 fully saturated rings. The summed E-state index contributed by atoms with van der Waals surface area (Å²) in [5, 5.41) is 0. The molecule has 23 heavy (non-hydrogen) atoms. The van der Waals surface area contributed by atoms with E-state index in [0.717, 1.165) is 24.8 Å². The third-order valence-corrected chi connectivity index (χ3v) is 5.79. The summed E-state index contributed by atoms with van der Waals surface area (Å²) in [5.41, 5.74) is 0.869. The summed E-state index contributed by atoms with van der Waals surface area (Å²) < 4.78 is 0. The third-order valence-electron chi connectivity index (χ3n) is 5.79. The highest BCUT2D eigenvalue weighted by Crippen LogP contribution is 2.49. The molecule has 0 aromatic heterocycles. The van der Waals surface area contributed by atoms with Gasteiger partial charge in [-0.15, -0.1) is 0 Å². The summed E-state index contributed by atoms with van der Waals surface area (Å²) in [6.07, 6.45) is 2.94. The summed E-state index contributed by atoms with van der Waals surface area (Å²) in [6, 6.07) is 10.2. The van der Waals surface area contributed by atoms with Gasteiger partial charge in [0.1, 0.15) is 0 Å². The highest BCUT2D eigenvalue weighted by atomic mass is 16.2. The SMILES string of the molecule is C[C@H]1C[C@@H]1C(=O)N1CCN(C(=O)C2(c3ccccc3)CC2)CC1. The maximum Gasteiger partial charge on any atom is 0.233 e. The molecule has 4 rings (SSSR count). The van der Waals surface area contributed by atoms with Gasteiger partial charge in [0, 0.05) is 32.1 Å². The molecule has 1 heterocycles. The van der Waals surface area contributed by atoms with E-state index >= 15 is 0 Å². The van der Waals surface area contributed by atoms with Crippen LogP contribution in [0.25, 0.3) is 0 Å². The van der Waals surface area contributed by atoms with E-state index in [0.29, 0.717) is 38.0 Å². The molecule has 2 saturated carbocycles. The molecule has 1 saturated heterocycles. The van der Waals surface area contributed by atoms with E-state index < -0.39 is 0 Å². The van der Waals surface area contributed by atoms with Crippen molar-refractivity contribution in [1.29, 1.82) is 0 Å². The standard InChI is InChI=1S/C19H24N2O2/c1-14-13-16(14)17(22)20-9-11-21(12-10-20)18(23)19(7-8-19)15-5-3-2-4-6-15/h2-6,14,16H,7-13H2,1H3/t14-,16-/m0/s1. The fraction of sp³-hybridized carbons (Fsp3) is 0.579. The molecule has 2 atom stereocenters. The second kappa shape index (κ2) is 5.36. The molecule has 2 aliphatic carbocycles. The largest absolute Gasteiger partial charge is 0.339 e. The highest BCUT2D eigenvalue weighted by Gasteiger charge is 2.53. The Morgan fingerprint density at radius 1 is 1.00 bits per heavy atom. The summed E-state index contributed by atoms with van der Waals surface area (Å²) in [5.74, 6) is 1.36. The van der Waals surface area contributed by atoms with Crippen LogP contribution in [0.2, 0.25) is 0 Å². The average Bonchev–Trinajstić information content (AvgIpc) is 3.51. The van der Waals surface area contributed by atoms with Crippen LogP contribution in [0.1, 0.15) is 31.7 Å². The molecule has 0 N–H and O–H groups in total. The lowest BCUT2D eigenvalue weighted by Crippen LogP contribution is -2.53. The summed E-state index contributed by atoms with van der Waals surface area (Å²) in [6.45, 7) is 4.89. The molecule has 1 aromatic carbocycles. The van der Waals surface area contributed by atoms with Crippen molar-refractivity contribution in [2.45, 2.75) is 31.6 Å². The minimum atomic E-state index is -0.279. The number of hydrogen-bond acceptors (Lipinski definition) is 2. The van der Waals surface area contributed by atoms with E-state index in [1.54, 1.807) is 0 Å². The van der Waals surface area contributed by atoms with Crippen molar-refractivity contribution >= 4 is 11.8 Å². The predicted octanol–water partition coefficient (Wildman–Crippen LogP) is 2.04. The number of rotatable bonds is 3. The van der Waals surface area contributed by atoms with Crippen LogP contribution in [0.15, 0.2) is 30.3 Å². The third kappa shape index (κ3) is 2.54. The minimum absolute atomic E-state index is 0.247. The Bertz CT molecular complexity index is 616. The average molecular weight is 312 g/mol. The van der Waals surface area contributed by atoms with Gasteiger partial charge in [-0.1, -0.05) is 37.3 Å². The number of hydrogen-bond donors (Lipinski definition) is 0. The number of piperazine rings is 1. The molecule has 3 aliphatic rings.